The zero-order chi connectivity index (χ0) is 18.5. The van der Waals surface area contributed by atoms with Gasteiger partial charge in [-0.2, -0.15) is 0 Å². The third-order valence-corrected chi connectivity index (χ3v) is 8.92. The molecular formula is C25H36O. The maximum Gasteiger partial charge on any atom is 0.0958 e. The Bertz CT molecular complexity index is 680. The van der Waals surface area contributed by atoms with Crippen molar-refractivity contribution >= 4 is 0 Å². The maximum atomic E-state index is 5.58. The quantitative estimate of drug-likeness (QED) is 0.505. The molecular weight excluding hydrogens is 316 g/mol. The Morgan fingerprint density at radius 2 is 2.00 bits per heavy atom. The summed E-state index contributed by atoms with van der Waals surface area (Å²) in [5.41, 5.74) is 4.00. The van der Waals surface area contributed by atoms with E-state index in [0.717, 1.165) is 30.1 Å². The van der Waals surface area contributed by atoms with Crippen molar-refractivity contribution in [3.05, 3.63) is 47.8 Å². The summed E-state index contributed by atoms with van der Waals surface area (Å²) in [6.07, 6.45) is 18.4. The highest BCUT2D eigenvalue weighted by Gasteiger charge is 2.58. The van der Waals surface area contributed by atoms with Crippen molar-refractivity contribution in [2.45, 2.75) is 65.7 Å². The van der Waals surface area contributed by atoms with Crippen LogP contribution in [0.4, 0.5) is 0 Å². The van der Waals surface area contributed by atoms with E-state index in [2.05, 4.69) is 45.6 Å². The zero-order valence-corrected chi connectivity index (χ0v) is 17.2. The number of hydrogen-bond donors (Lipinski definition) is 0. The largest absolute Gasteiger partial charge is 0.501 e. The van der Waals surface area contributed by atoms with E-state index in [0.29, 0.717) is 10.8 Å². The highest BCUT2D eigenvalue weighted by atomic mass is 16.5. The average molecular weight is 353 g/mol. The highest BCUT2D eigenvalue weighted by molar-refractivity contribution is 5.36. The van der Waals surface area contributed by atoms with Gasteiger partial charge < -0.3 is 4.74 Å². The summed E-state index contributed by atoms with van der Waals surface area (Å²) in [6.45, 7) is 11.4. The van der Waals surface area contributed by atoms with Gasteiger partial charge in [0.1, 0.15) is 0 Å². The van der Waals surface area contributed by atoms with Crippen LogP contribution in [-0.4, -0.2) is 7.11 Å². The first-order valence-corrected chi connectivity index (χ1v) is 10.7. The van der Waals surface area contributed by atoms with Crippen LogP contribution in [0.15, 0.2) is 47.8 Å². The van der Waals surface area contributed by atoms with Gasteiger partial charge in [-0.05, 0) is 91.6 Å². The SMILES string of the molecule is C=C/C=C(\C)C1CCC2C3CC=C4C=C(OC)CC[C@]4(C)C3CC[C@]12C. The number of allylic oxidation sites excluding steroid dienone is 7. The van der Waals surface area contributed by atoms with Crippen molar-refractivity contribution in [3.63, 3.8) is 0 Å². The second-order valence-electron chi connectivity index (χ2n) is 9.83. The van der Waals surface area contributed by atoms with E-state index in [1.807, 2.05) is 13.2 Å². The Hall–Kier alpha value is -1.24. The van der Waals surface area contributed by atoms with Gasteiger partial charge in [-0.25, -0.2) is 0 Å². The molecule has 0 aromatic rings. The van der Waals surface area contributed by atoms with E-state index >= 15 is 0 Å². The minimum absolute atomic E-state index is 0.371. The van der Waals surface area contributed by atoms with Gasteiger partial charge in [0.05, 0.1) is 12.9 Å². The molecule has 6 atom stereocenters. The van der Waals surface area contributed by atoms with E-state index in [4.69, 9.17) is 4.74 Å². The van der Waals surface area contributed by atoms with Gasteiger partial charge in [0.25, 0.3) is 0 Å². The van der Waals surface area contributed by atoms with Crippen molar-refractivity contribution in [1.29, 1.82) is 0 Å². The third kappa shape index (κ3) is 2.49. The van der Waals surface area contributed by atoms with Crippen molar-refractivity contribution < 1.29 is 4.74 Å². The molecule has 0 bridgehead atoms. The van der Waals surface area contributed by atoms with Crippen molar-refractivity contribution in [2.24, 2.45) is 34.5 Å². The molecule has 4 rings (SSSR count). The lowest BCUT2D eigenvalue weighted by molar-refractivity contribution is -0.0318. The Morgan fingerprint density at radius 3 is 2.73 bits per heavy atom. The first-order valence-electron chi connectivity index (χ1n) is 10.7. The van der Waals surface area contributed by atoms with Crippen LogP contribution in [0.3, 0.4) is 0 Å². The van der Waals surface area contributed by atoms with Crippen LogP contribution in [-0.2, 0) is 4.74 Å². The fourth-order valence-electron chi connectivity index (χ4n) is 7.51. The molecule has 4 aliphatic carbocycles. The van der Waals surface area contributed by atoms with E-state index in [-0.39, 0.29) is 0 Å². The van der Waals surface area contributed by atoms with Crippen LogP contribution in [0, 0.1) is 34.5 Å². The van der Waals surface area contributed by atoms with Crippen molar-refractivity contribution in [1.82, 2.24) is 0 Å². The standard InChI is InChI=1S/C25H36O/c1-6-7-17(2)21-10-11-22-20-9-8-18-16-19(26-5)12-14-24(18,3)23(20)13-15-25(21,22)4/h6-8,16,20-23H,1,9-15H2,2-5H3/b17-7+/t20?,21?,22?,23?,24-,25+/m0/s1. The molecule has 0 aromatic carbocycles. The Labute approximate surface area is 160 Å². The lowest BCUT2D eigenvalue weighted by Gasteiger charge is -2.57. The van der Waals surface area contributed by atoms with Gasteiger partial charge in [-0.1, -0.05) is 44.2 Å². The Kier molecular flexibility index (Phi) is 4.48. The normalized spacial score (nSPS) is 45.0. The molecule has 4 aliphatic rings. The number of ether oxygens (including phenoxy) is 1. The highest BCUT2D eigenvalue weighted by Crippen LogP contribution is 2.66. The zero-order valence-electron chi connectivity index (χ0n) is 17.2. The minimum atomic E-state index is 0.371. The topological polar surface area (TPSA) is 9.23 Å². The first-order chi connectivity index (χ1) is 12.4. The number of methoxy groups -OCH3 is 1. The third-order valence-electron chi connectivity index (χ3n) is 8.92. The molecule has 0 aromatic heterocycles. The lowest BCUT2D eigenvalue weighted by atomic mass is 9.48. The van der Waals surface area contributed by atoms with Gasteiger partial charge in [0, 0.05) is 6.42 Å². The molecule has 0 spiro atoms. The fraction of sp³-hybridized carbons (Fsp3) is 0.680. The van der Waals surface area contributed by atoms with Crippen LogP contribution in [0.2, 0.25) is 0 Å². The maximum absolute atomic E-state index is 5.58. The average Bonchev–Trinajstić information content (AvgIpc) is 2.98. The summed E-state index contributed by atoms with van der Waals surface area (Å²) in [5, 5.41) is 0. The van der Waals surface area contributed by atoms with Crippen LogP contribution in [0.5, 0.6) is 0 Å². The Balaban J connectivity index is 1.65. The molecule has 1 nitrogen and oxygen atoms in total. The van der Waals surface area contributed by atoms with E-state index in [9.17, 15) is 0 Å². The summed E-state index contributed by atoms with van der Waals surface area (Å²) >= 11 is 0. The first kappa shape index (κ1) is 18.1. The number of rotatable bonds is 3. The second-order valence-corrected chi connectivity index (χ2v) is 9.83. The molecule has 0 radical (unpaired) electrons. The van der Waals surface area contributed by atoms with E-state index in [1.54, 1.807) is 11.1 Å². The van der Waals surface area contributed by atoms with E-state index in [1.165, 1.54) is 44.3 Å². The van der Waals surface area contributed by atoms with Gasteiger partial charge >= 0.3 is 0 Å². The van der Waals surface area contributed by atoms with Gasteiger partial charge in [-0.15, -0.1) is 0 Å². The summed E-state index contributed by atoms with van der Waals surface area (Å²) in [5.74, 6) is 4.57. The molecule has 0 heterocycles. The molecule has 0 N–H and O–H groups in total. The van der Waals surface area contributed by atoms with Crippen LogP contribution in [0.25, 0.3) is 0 Å². The van der Waals surface area contributed by atoms with Crippen LogP contribution < -0.4 is 0 Å². The second kappa shape index (κ2) is 6.43. The number of fused-ring (bicyclic) bond motifs is 5. The molecule has 0 aliphatic heterocycles. The Morgan fingerprint density at radius 1 is 1.19 bits per heavy atom. The summed E-state index contributed by atoms with van der Waals surface area (Å²) < 4.78 is 5.58. The predicted octanol–water partition coefficient (Wildman–Crippen LogP) is 6.84. The summed E-state index contributed by atoms with van der Waals surface area (Å²) in [6, 6.07) is 0. The smallest absolute Gasteiger partial charge is 0.0958 e. The molecule has 0 amide bonds. The van der Waals surface area contributed by atoms with E-state index < -0.39 is 0 Å². The van der Waals surface area contributed by atoms with Crippen LogP contribution in [0.1, 0.15) is 65.7 Å². The molecule has 0 saturated heterocycles. The van der Waals surface area contributed by atoms with Gasteiger partial charge in [-0.3, -0.25) is 0 Å². The van der Waals surface area contributed by atoms with Crippen molar-refractivity contribution in [2.75, 3.05) is 7.11 Å². The van der Waals surface area contributed by atoms with Gasteiger partial charge in [0.2, 0.25) is 0 Å². The predicted molar refractivity (Wildman–Crippen MR) is 110 cm³/mol. The molecule has 2 saturated carbocycles. The fourth-order valence-corrected chi connectivity index (χ4v) is 7.51. The molecule has 4 unspecified atom stereocenters. The molecule has 142 valence electrons. The summed E-state index contributed by atoms with van der Waals surface area (Å²) in [7, 11) is 1.82. The summed E-state index contributed by atoms with van der Waals surface area (Å²) in [4.78, 5) is 0. The molecule has 1 heteroatoms. The molecule has 2 fully saturated rings. The minimum Gasteiger partial charge on any atom is -0.501 e. The number of hydrogen-bond acceptors (Lipinski definition) is 1. The van der Waals surface area contributed by atoms with Crippen LogP contribution >= 0.6 is 0 Å². The monoisotopic (exact) mass is 352 g/mol. The molecule has 26 heavy (non-hydrogen) atoms. The lowest BCUT2D eigenvalue weighted by Crippen LogP contribution is -2.49. The van der Waals surface area contributed by atoms with Crippen molar-refractivity contribution in [3.8, 4) is 0 Å². The van der Waals surface area contributed by atoms with Gasteiger partial charge in [0.15, 0.2) is 0 Å².